The third-order valence-corrected chi connectivity index (χ3v) is 6.22. The summed E-state index contributed by atoms with van der Waals surface area (Å²) in [5.41, 5.74) is 1.13. The molecule has 1 saturated heterocycles. The summed E-state index contributed by atoms with van der Waals surface area (Å²) < 4.78 is 33.2. The second kappa shape index (κ2) is 8.06. The van der Waals surface area contributed by atoms with Gasteiger partial charge in [0.25, 0.3) is 15.9 Å². The van der Waals surface area contributed by atoms with Gasteiger partial charge in [0.05, 0.1) is 33.8 Å². The van der Waals surface area contributed by atoms with E-state index < -0.39 is 10.0 Å². The number of carbonyl (C=O) groups is 1. The van der Waals surface area contributed by atoms with Gasteiger partial charge in [-0.2, -0.15) is 0 Å². The molecule has 2 aromatic rings. The summed E-state index contributed by atoms with van der Waals surface area (Å²) in [7, 11) is -3.98. The van der Waals surface area contributed by atoms with Gasteiger partial charge in [-0.25, -0.2) is 8.42 Å². The van der Waals surface area contributed by atoms with E-state index in [1.807, 2.05) is 0 Å². The van der Waals surface area contributed by atoms with Crippen LogP contribution in [0.15, 0.2) is 41.3 Å². The Bertz CT molecular complexity index is 953. The predicted octanol–water partition coefficient (Wildman–Crippen LogP) is 3.58. The highest BCUT2D eigenvalue weighted by atomic mass is 35.5. The average Bonchev–Trinajstić information content (AvgIpc) is 2.65. The minimum absolute atomic E-state index is 0.0410. The molecule has 1 N–H and O–H groups in total. The number of aryl methyl sites for hydroxylation is 1. The summed E-state index contributed by atoms with van der Waals surface area (Å²) in [5.74, 6) is -0.219. The molecular formula is C18H18Cl2N2O4S. The van der Waals surface area contributed by atoms with Crippen LogP contribution in [0.1, 0.15) is 15.9 Å². The molecule has 1 amide bonds. The molecule has 1 heterocycles. The van der Waals surface area contributed by atoms with E-state index in [4.69, 9.17) is 27.9 Å². The third kappa shape index (κ3) is 4.38. The van der Waals surface area contributed by atoms with E-state index in [9.17, 15) is 13.2 Å². The molecule has 27 heavy (non-hydrogen) atoms. The molecular weight excluding hydrogens is 411 g/mol. The van der Waals surface area contributed by atoms with E-state index >= 15 is 0 Å². The molecule has 0 saturated carbocycles. The second-order valence-electron chi connectivity index (χ2n) is 6.08. The molecule has 0 aliphatic carbocycles. The van der Waals surface area contributed by atoms with E-state index in [-0.39, 0.29) is 26.5 Å². The van der Waals surface area contributed by atoms with Crippen molar-refractivity contribution < 1.29 is 17.9 Å². The average molecular weight is 429 g/mol. The van der Waals surface area contributed by atoms with Gasteiger partial charge in [0.2, 0.25) is 0 Å². The number of nitrogens with zero attached hydrogens (tertiary/aromatic N) is 1. The lowest BCUT2D eigenvalue weighted by molar-refractivity contribution is 0.0302. The lowest BCUT2D eigenvalue weighted by Gasteiger charge is -2.27. The fraction of sp³-hybridized carbons (Fsp3) is 0.278. The molecule has 0 atom stereocenters. The van der Waals surface area contributed by atoms with Gasteiger partial charge in [-0.1, -0.05) is 35.3 Å². The Kier molecular flexibility index (Phi) is 5.95. The van der Waals surface area contributed by atoms with Crippen molar-refractivity contribution >= 4 is 44.8 Å². The van der Waals surface area contributed by atoms with Crippen LogP contribution in [0.5, 0.6) is 0 Å². The Morgan fingerprint density at radius 1 is 1.11 bits per heavy atom. The number of carbonyl (C=O) groups excluding carboxylic acids is 1. The van der Waals surface area contributed by atoms with Crippen molar-refractivity contribution in [3.05, 3.63) is 57.6 Å². The summed E-state index contributed by atoms with van der Waals surface area (Å²) in [4.78, 5) is 14.4. The van der Waals surface area contributed by atoms with Crippen LogP contribution >= 0.6 is 23.2 Å². The Balaban J connectivity index is 1.93. The number of ether oxygens (including phenoxy) is 1. The third-order valence-electron chi connectivity index (χ3n) is 4.25. The maximum absolute atomic E-state index is 12.8. The number of rotatable bonds is 4. The lowest BCUT2D eigenvalue weighted by atomic mass is 10.1. The highest BCUT2D eigenvalue weighted by Gasteiger charge is 2.24. The zero-order valence-corrected chi connectivity index (χ0v) is 16.9. The van der Waals surface area contributed by atoms with Gasteiger partial charge < -0.3 is 9.64 Å². The highest BCUT2D eigenvalue weighted by molar-refractivity contribution is 7.92. The Morgan fingerprint density at radius 2 is 1.74 bits per heavy atom. The molecule has 6 nitrogen and oxygen atoms in total. The minimum Gasteiger partial charge on any atom is -0.378 e. The molecule has 2 aromatic carbocycles. The van der Waals surface area contributed by atoms with Crippen molar-refractivity contribution in [3.63, 3.8) is 0 Å². The second-order valence-corrected chi connectivity index (χ2v) is 8.58. The molecule has 1 aliphatic rings. The van der Waals surface area contributed by atoms with Gasteiger partial charge in [-0.15, -0.1) is 0 Å². The summed E-state index contributed by atoms with van der Waals surface area (Å²) in [6.45, 7) is 3.65. The van der Waals surface area contributed by atoms with Crippen molar-refractivity contribution in [1.29, 1.82) is 0 Å². The van der Waals surface area contributed by atoms with Crippen LogP contribution in [0.2, 0.25) is 10.0 Å². The molecule has 0 bridgehead atoms. The maximum Gasteiger partial charge on any atom is 0.262 e. The van der Waals surface area contributed by atoms with Gasteiger partial charge in [0.1, 0.15) is 0 Å². The smallest absolute Gasteiger partial charge is 0.262 e. The van der Waals surface area contributed by atoms with Crippen LogP contribution in [0.25, 0.3) is 0 Å². The van der Waals surface area contributed by atoms with Crippen LogP contribution < -0.4 is 4.72 Å². The zero-order valence-electron chi connectivity index (χ0n) is 14.5. The van der Waals surface area contributed by atoms with E-state index in [0.29, 0.717) is 37.4 Å². The van der Waals surface area contributed by atoms with Crippen molar-refractivity contribution in [2.75, 3.05) is 31.0 Å². The number of benzene rings is 2. The maximum atomic E-state index is 12.8. The van der Waals surface area contributed by atoms with Gasteiger partial charge >= 0.3 is 0 Å². The molecule has 0 radical (unpaired) electrons. The molecule has 1 fully saturated rings. The van der Waals surface area contributed by atoms with Crippen LogP contribution in [-0.4, -0.2) is 45.5 Å². The summed E-state index contributed by atoms with van der Waals surface area (Å²) in [6.07, 6.45) is 0. The molecule has 1 aliphatic heterocycles. The Hall–Kier alpha value is -1.80. The number of hydrogen-bond donors (Lipinski definition) is 1. The van der Waals surface area contributed by atoms with Gasteiger partial charge in [0.15, 0.2) is 0 Å². The van der Waals surface area contributed by atoms with Gasteiger partial charge in [-0.05, 0) is 36.8 Å². The summed E-state index contributed by atoms with van der Waals surface area (Å²) >= 11 is 12.1. The first-order valence-electron chi connectivity index (χ1n) is 8.24. The van der Waals surface area contributed by atoms with Crippen molar-refractivity contribution in [1.82, 2.24) is 4.90 Å². The number of hydrogen-bond acceptors (Lipinski definition) is 4. The number of para-hydroxylation sites is 1. The summed E-state index contributed by atoms with van der Waals surface area (Å²) in [6, 6.07) is 9.12. The fourth-order valence-corrected chi connectivity index (χ4v) is 4.45. The van der Waals surface area contributed by atoms with Crippen molar-refractivity contribution in [2.24, 2.45) is 0 Å². The topological polar surface area (TPSA) is 75.7 Å². The molecule has 0 unspecified atom stereocenters. The first kappa shape index (κ1) is 19.9. The molecule has 144 valence electrons. The molecule has 9 heteroatoms. The van der Waals surface area contributed by atoms with Crippen molar-refractivity contribution in [2.45, 2.75) is 11.8 Å². The first-order valence-corrected chi connectivity index (χ1v) is 10.5. The SMILES string of the molecule is Cc1ccc(S(=O)(=O)Nc2c(Cl)cccc2Cl)cc1C(=O)N1CCOCC1. The number of halogens is 2. The van der Waals surface area contributed by atoms with E-state index in [2.05, 4.69) is 4.72 Å². The lowest BCUT2D eigenvalue weighted by Crippen LogP contribution is -2.41. The number of morpholine rings is 1. The van der Waals surface area contributed by atoms with Gasteiger partial charge in [0, 0.05) is 18.7 Å². The molecule has 0 aromatic heterocycles. The zero-order chi connectivity index (χ0) is 19.6. The number of nitrogens with one attached hydrogen (secondary N) is 1. The van der Waals surface area contributed by atoms with Crippen LogP contribution in [0.4, 0.5) is 5.69 Å². The number of sulfonamides is 1. The molecule has 3 rings (SSSR count). The van der Waals surface area contributed by atoms with E-state index in [1.165, 1.54) is 24.3 Å². The minimum atomic E-state index is -3.98. The fourth-order valence-electron chi connectivity index (χ4n) is 2.72. The normalized spacial score (nSPS) is 14.9. The summed E-state index contributed by atoms with van der Waals surface area (Å²) in [5, 5.41) is 0.366. The Labute approximate surface area is 168 Å². The standard InChI is InChI=1S/C18H18Cl2N2O4S/c1-12-5-6-13(11-14(12)18(23)22-7-9-26-10-8-22)27(24,25)21-17-15(19)3-2-4-16(17)20/h2-6,11,21H,7-10H2,1H3. The largest absolute Gasteiger partial charge is 0.378 e. The van der Waals surface area contributed by atoms with Crippen LogP contribution in [-0.2, 0) is 14.8 Å². The first-order chi connectivity index (χ1) is 12.8. The van der Waals surface area contributed by atoms with Gasteiger partial charge in [-0.3, -0.25) is 9.52 Å². The molecule has 0 spiro atoms. The van der Waals surface area contributed by atoms with Crippen LogP contribution in [0.3, 0.4) is 0 Å². The number of anilines is 1. The van der Waals surface area contributed by atoms with E-state index in [0.717, 1.165) is 0 Å². The predicted molar refractivity (Wildman–Crippen MR) is 105 cm³/mol. The number of amides is 1. The quantitative estimate of drug-likeness (QED) is 0.807. The Morgan fingerprint density at radius 3 is 2.37 bits per heavy atom. The van der Waals surface area contributed by atoms with Crippen LogP contribution in [0, 0.1) is 6.92 Å². The monoisotopic (exact) mass is 428 g/mol. The highest BCUT2D eigenvalue weighted by Crippen LogP contribution is 2.32. The van der Waals surface area contributed by atoms with Crippen molar-refractivity contribution in [3.8, 4) is 0 Å². The van der Waals surface area contributed by atoms with E-state index in [1.54, 1.807) is 24.0 Å².